The van der Waals surface area contributed by atoms with E-state index in [9.17, 15) is 208 Å². The van der Waals surface area contributed by atoms with Crippen LogP contribution in [0.1, 0.15) is 0 Å². The van der Waals surface area contributed by atoms with E-state index >= 15 is 0 Å². The predicted molar refractivity (Wildman–Crippen MR) is 345 cm³/mol. The predicted octanol–water partition coefficient (Wildman–Crippen LogP) is -16.7. The van der Waals surface area contributed by atoms with E-state index in [4.69, 9.17) is 47.4 Å². The van der Waals surface area contributed by atoms with Gasteiger partial charge in [-0.15, -0.1) is 0 Å². The Morgan fingerprint density at radius 1 is 0.220 bits per heavy atom. The molecule has 0 saturated carbocycles. The molecule has 24 atom stereocenters. The van der Waals surface area contributed by atoms with Gasteiger partial charge in [-0.05, 0) is 0 Å². The molecule has 0 aliphatic carbocycles. The molecule has 0 aromatic heterocycles. The van der Waals surface area contributed by atoms with Crippen LogP contribution in [0.5, 0.6) is 0 Å². The van der Waals surface area contributed by atoms with Crippen LogP contribution in [0.25, 0.3) is 0 Å². The Morgan fingerprint density at radius 3 is 0.545 bits per heavy atom. The molecule has 123 heavy (non-hydrogen) atoms. The molecular weight excluding hydrogens is 2120 g/mol. The molecule has 0 aromatic rings. The molecule has 0 amide bonds. The fourth-order valence-corrected chi connectivity index (χ4v) is 17.9. The van der Waals surface area contributed by atoms with Crippen LogP contribution in [-0.2, 0) is 281 Å². The third kappa shape index (κ3) is 44.3. The van der Waals surface area contributed by atoms with Crippen molar-refractivity contribution in [3.63, 3.8) is 0 Å². The first kappa shape index (κ1) is 116. The average Bonchev–Trinajstić information content (AvgIpc) is 0.773. The zero-order chi connectivity index (χ0) is 94.5. The maximum absolute atomic E-state index is 12.7. The third-order valence-electron chi connectivity index (χ3n) is 13.7. The zero-order valence-electron chi connectivity index (χ0n) is 58.5. The first-order chi connectivity index (χ1) is 54.3. The first-order valence-electron chi connectivity index (χ1n) is 28.9. The maximum Gasteiger partial charge on any atom is 1.00 e. The topological polar surface area (TPSA) is 1110 Å². The molecule has 0 radical (unpaired) electrons. The smallest absolute Gasteiger partial charge is 0.376 e. The molecule has 0 bridgehead atoms. The Morgan fingerprint density at radius 2 is 0.382 bits per heavy atom. The number of methoxy groups -OCH3 is 2. The Labute approximate surface area is 733 Å². The number of hydrogen-bond donors (Lipinski definition) is 16. The molecule has 16 N–H and O–H groups in total. The molecule has 4 heterocycles. The average molecular weight is 2180 g/mol. The summed E-state index contributed by atoms with van der Waals surface area (Å²) in [7, 11) is -102. The van der Waals surface area contributed by atoms with Crippen molar-refractivity contribution in [1.82, 2.24) is 0 Å². The van der Waals surface area contributed by atoms with E-state index in [2.05, 4.69) is 66.9 Å². The molecule has 4 aliphatic heterocycles. The molecule has 0 spiro atoms. The number of ether oxygens (including phenoxy) is 10. The van der Waals surface area contributed by atoms with Crippen molar-refractivity contribution in [2.45, 2.75) is 147 Å². The van der Waals surface area contributed by atoms with Gasteiger partial charge >= 0.3 is 218 Å². The number of hydrogen-bond acceptors (Lipinski definition) is 58. The van der Waals surface area contributed by atoms with Crippen LogP contribution >= 0.6 is 0 Å². The summed E-state index contributed by atoms with van der Waals surface area (Å²) in [5.74, 6) is 0. The van der Waals surface area contributed by atoms with E-state index in [0.29, 0.717) is 0 Å². The zero-order valence-corrected chi connectivity index (χ0v) is 74.7. The van der Waals surface area contributed by atoms with Crippen molar-refractivity contribution in [1.29, 1.82) is 0 Å². The van der Waals surface area contributed by atoms with Gasteiger partial charge in [0.25, 0.3) is 0 Å². The summed E-state index contributed by atoms with van der Waals surface area (Å²) in [6, 6.07) is 0. The molecular formula is C32H58KO74S16+. The van der Waals surface area contributed by atoms with E-state index in [1.807, 2.05) is 0 Å². The van der Waals surface area contributed by atoms with Crippen molar-refractivity contribution in [2.24, 2.45) is 0 Å². The minimum atomic E-state index is -6.58. The first-order valence-corrected chi connectivity index (χ1v) is 50.7. The van der Waals surface area contributed by atoms with Crippen molar-refractivity contribution >= 4 is 166 Å². The van der Waals surface area contributed by atoms with Gasteiger partial charge in [-0.3, -0.25) is 72.8 Å². The summed E-state index contributed by atoms with van der Waals surface area (Å²) >= 11 is 0. The Balaban J connectivity index is 0.0000391. The summed E-state index contributed by atoms with van der Waals surface area (Å²) in [6.07, 6.45) is -82.0. The van der Waals surface area contributed by atoms with Crippen LogP contribution in [0.4, 0.5) is 0 Å². The second-order valence-electron chi connectivity index (χ2n) is 22.3. The minimum absolute atomic E-state index is 0. The van der Waals surface area contributed by atoms with Crippen LogP contribution in [0.3, 0.4) is 0 Å². The molecule has 726 valence electrons. The fourth-order valence-electron chi connectivity index (χ4n) is 10.3. The summed E-state index contributed by atoms with van der Waals surface area (Å²) in [4.78, 5) is 0. The van der Waals surface area contributed by atoms with E-state index in [-0.39, 0.29) is 65.6 Å². The molecule has 0 aromatic carbocycles. The quantitative estimate of drug-likeness (QED) is 0.0199. The van der Waals surface area contributed by atoms with Crippen LogP contribution in [0, 0.1) is 0 Å². The number of rotatable bonds is 51. The Bertz CT molecular complexity index is 5210. The summed E-state index contributed by atoms with van der Waals surface area (Å²) in [6.45, 7) is -13.2. The van der Waals surface area contributed by atoms with Crippen molar-refractivity contribution in [3.05, 3.63) is 0 Å². The van der Waals surface area contributed by atoms with Gasteiger partial charge in [-0.2, -0.15) is 135 Å². The largest absolute Gasteiger partial charge is 1.00 e. The van der Waals surface area contributed by atoms with E-state index in [0.717, 1.165) is 0 Å². The van der Waals surface area contributed by atoms with Gasteiger partial charge in [0, 0.05) is 14.2 Å². The molecule has 91 heteroatoms. The van der Waals surface area contributed by atoms with Gasteiger partial charge in [0.15, 0.2) is 49.6 Å². The molecule has 0 unspecified atom stereocenters. The second-order valence-corrected chi connectivity index (χ2v) is 39.2. The van der Waals surface area contributed by atoms with E-state index in [1.54, 1.807) is 0 Å². The molecule has 74 nitrogen and oxygen atoms in total. The van der Waals surface area contributed by atoms with Gasteiger partial charge in [0.1, 0.15) is 97.7 Å². The second kappa shape index (κ2) is 44.1. The minimum Gasteiger partial charge on any atom is -0.376 e. The van der Waals surface area contributed by atoms with Crippen LogP contribution in [-0.4, -0.2) is 409 Å². The van der Waals surface area contributed by atoms with Crippen LogP contribution in [0.15, 0.2) is 0 Å². The van der Waals surface area contributed by atoms with Crippen LogP contribution in [0.2, 0.25) is 0 Å². The summed E-state index contributed by atoms with van der Waals surface area (Å²) < 4.78 is 668. The molecule has 4 fully saturated rings. The van der Waals surface area contributed by atoms with Crippen LogP contribution < -0.4 is 51.4 Å². The molecule has 4 aliphatic rings. The molecule has 4 rings (SSSR count). The van der Waals surface area contributed by atoms with Crippen molar-refractivity contribution < 1.29 is 373 Å². The van der Waals surface area contributed by atoms with E-state index < -0.39 is 353 Å². The molecule has 4 saturated heterocycles. The monoisotopic (exact) mass is 2180 g/mol. The van der Waals surface area contributed by atoms with Gasteiger partial charge in [-0.25, -0.2) is 66.9 Å². The Kier molecular flexibility index (Phi) is 41.7. The standard InChI is InChI=1S/C32H58O74S16.K/c1-81-15(13(93-109(39,40)41)5-85-31-25(103-119(69,70)71)21(99-115(57,58)59)17(95-111(45,46)47)9(89-31)3-83-29-27(105-121(75,76)77)23(101-117(63,64)65)19(97-113(51,52)53)11(91-29)7-87-107(33,34)35)16(82-2)14(94-110(42,43)44)6-86-32-26(104-120(72,73)74)22(100-116(60,61)62)18(96-112(48,49)50)10(90-32)4-84-30-28(106-122(78,79)80)24(102-118(66,67)68)20(98-114(54,55)56)12(92-30)8-88-108(36,37)38;/h9-32H,3-8H2,1-2H3,(H,33,34,35)(H,36,37,38)(H,39,40,41)(H,42,43,44)(H,45,46,47)(H,48,49,50)(H,51,52,53)(H,54,55,56)(H,57,58,59)(H,60,61,62)(H,63,64,65)(H,66,67,68)(H,69,70,71)(H,72,73,74)(H,75,76,77)(H,78,79,80);/q;+1/t9-,10-,11-,12-,13-,14-,15-,16-,17-,18-,19-,20-,21+,22+,23+,24+,25-,26-,27-,28-,29-,30-,31-,32-;/m1./s1. The van der Waals surface area contributed by atoms with Gasteiger partial charge in [-0.1, -0.05) is 0 Å². The van der Waals surface area contributed by atoms with Gasteiger partial charge < -0.3 is 47.4 Å². The summed E-state index contributed by atoms with van der Waals surface area (Å²) in [5.41, 5.74) is 0. The van der Waals surface area contributed by atoms with Gasteiger partial charge in [0.05, 0.1) is 39.6 Å². The van der Waals surface area contributed by atoms with Crippen molar-refractivity contribution in [3.8, 4) is 0 Å². The van der Waals surface area contributed by atoms with Crippen molar-refractivity contribution in [2.75, 3.05) is 53.9 Å². The Hall–Kier alpha value is -0.844. The third-order valence-corrected chi connectivity index (χ3v) is 21.1. The maximum atomic E-state index is 12.7. The fraction of sp³-hybridized carbons (Fsp3) is 1.00. The normalized spacial score (nSPS) is 30.0. The van der Waals surface area contributed by atoms with Gasteiger partial charge in [0.2, 0.25) is 0 Å². The SMILES string of the molecule is CO[C@@H]([C@H](OC)[C@@H](CO[C@@H]1O[C@H](CO[C@@H]2O[C@H](COS(=O)(=O)O)[C@@H](OS(=O)(=O)O)[C@H](OS(=O)(=O)O)[C@H]2OS(=O)(=O)O)[C@@H](OS(=O)(=O)O)[C@H](OS(=O)(=O)O)[C@H]1OS(=O)(=O)O)OS(=O)(=O)O)[C@@H](CO[C@@H]1O[C@H](CO[C@@H]2O[C@H](COS(=O)(=O)O)[C@@H](OS(=O)(=O)O)[C@H](OS(=O)(=O)O)[C@H]2OS(=O)(=O)O)[C@@H](OS(=O)(=O)O)[C@H](OS(=O)(=O)O)[C@H]1OS(=O)(=O)O)OS(=O)(=O)O.[K+]. The summed E-state index contributed by atoms with van der Waals surface area (Å²) in [5, 5.41) is 0. The van der Waals surface area contributed by atoms with E-state index in [1.165, 1.54) is 0 Å².